The summed E-state index contributed by atoms with van der Waals surface area (Å²) in [6.45, 7) is 2.53. The van der Waals surface area contributed by atoms with Crippen molar-refractivity contribution in [3.05, 3.63) is 24.3 Å². The van der Waals surface area contributed by atoms with Crippen molar-refractivity contribution in [1.29, 1.82) is 0 Å². The average molecular weight is 293 g/mol. The average Bonchev–Trinajstić information content (AvgIpc) is 2.73. The van der Waals surface area contributed by atoms with Gasteiger partial charge in [-0.2, -0.15) is 0 Å². The Hall–Kier alpha value is -2.44. The molecule has 0 spiro atoms. The van der Waals surface area contributed by atoms with Crippen LogP contribution in [-0.2, 0) is 23.9 Å². The number of rotatable bonds is 3. The Morgan fingerprint density at radius 3 is 2.48 bits per heavy atom. The number of amides is 2. The van der Waals surface area contributed by atoms with E-state index in [0.717, 1.165) is 4.90 Å². The molecular formula is C14H15NO6. The third kappa shape index (κ3) is 3.18. The summed E-state index contributed by atoms with van der Waals surface area (Å²) in [5.41, 5.74) is -1.16. The monoisotopic (exact) mass is 293 g/mol. The van der Waals surface area contributed by atoms with Crippen LogP contribution in [-0.4, -0.2) is 46.9 Å². The largest absolute Gasteiger partial charge is 0.451 e. The lowest BCUT2D eigenvalue weighted by atomic mass is 9.89. The molecule has 0 aromatic carbocycles. The van der Waals surface area contributed by atoms with Gasteiger partial charge in [-0.15, -0.1) is 0 Å². The first kappa shape index (κ1) is 15.0. The predicted molar refractivity (Wildman–Crippen MR) is 70.1 cm³/mol. The number of imide groups is 1. The van der Waals surface area contributed by atoms with E-state index >= 15 is 0 Å². The first-order chi connectivity index (χ1) is 9.83. The van der Waals surface area contributed by atoms with Crippen LogP contribution in [0.3, 0.4) is 0 Å². The Bertz CT molecular complexity index is 546. The van der Waals surface area contributed by atoms with E-state index in [1.807, 2.05) is 0 Å². The Morgan fingerprint density at radius 2 is 1.95 bits per heavy atom. The molecule has 1 heterocycles. The van der Waals surface area contributed by atoms with E-state index in [1.165, 1.54) is 38.2 Å². The van der Waals surface area contributed by atoms with Gasteiger partial charge in [0.15, 0.2) is 11.4 Å². The van der Waals surface area contributed by atoms with E-state index in [1.54, 1.807) is 0 Å². The second kappa shape index (κ2) is 5.51. The van der Waals surface area contributed by atoms with Crippen molar-refractivity contribution in [2.45, 2.75) is 31.9 Å². The highest BCUT2D eigenvalue weighted by Gasteiger charge is 2.42. The molecule has 0 bridgehead atoms. The lowest BCUT2D eigenvalue weighted by Gasteiger charge is -2.32. The van der Waals surface area contributed by atoms with Crippen molar-refractivity contribution >= 4 is 23.8 Å². The first-order valence-corrected chi connectivity index (χ1v) is 6.41. The molecular weight excluding hydrogens is 278 g/mol. The van der Waals surface area contributed by atoms with Crippen LogP contribution in [0.25, 0.3) is 0 Å². The Morgan fingerprint density at radius 1 is 1.33 bits per heavy atom. The predicted octanol–water partition coefficient (Wildman–Crippen LogP) is 0.741. The highest BCUT2D eigenvalue weighted by molar-refractivity contribution is 6.00. The molecule has 2 amide bonds. The number of ketones is 1. The zero-order valence-electron chi connectivity index (χ0n) is 11.7. The van der Waals surface area contributed by atoms with Crippen LogP contribution >= 0.6 is 0 Å². The van der Waals surface area contributed by atoms with Gasteiger partial charge in [-0.1, -0.05) is 0 Å². The minimum atomic E-state index is -1.16. The van der Waals surface area contributed by atoms with Gasteiger partial charge in [-0.3, -0.25) is 14.4 Å². The fraction of sp³-hybridized carbons (Fsp3) is 0.429. The van der Waals surface area contributed by atoms with Crippen molar-refractivity contribution in [3.63, 3.8) is 0 Å². The van der Waals surface area contributed by atoms with Crippen LogP contribution in [0.4, 0.5) is 4.79 Å². The lowest BCUT2D eigenvalue weighted by molar-refractivity contribution is -0.150. The van der Waals surface area contributed by atoms with E-state index in [4.69, 9.17) is 9.47 Å². The van der Waals surface area contributed by atoms with Gasteiger partial charge in [-0.05, 0) is 24.3 Å². The summed E-state index contributed by atoms with van der Waals surface area (Å²) in [5, 5.41) is 0. The standard InChI is InChI=1S/C14H15NO6/c1-9(16)15-11(8-20-13(15)19)7-14(21-10(2)17)5-3-12(18)4-6-14/h3-6,11H,7-8H2,1-2H3/t11-/m0/s1. The van der Waals surface area contributed by atoms with Crippen LogP contribution < -0.4 is 0 Å². The summed E-state index contributed by atoms with van der Waals surface area (Å²) >= 11 is 0. The maximum atomic E-state index is 11.5. The van der Waals surface area contributed by atoms with Gasteiger partial charge < -0.3 is 9.47 Å². The molecule has 0 N–H and O–H groups in total. The van der Waals surface area contributed by atoms with E-state index in [0.29, 0.717) is 0 Å². The number of hydrogen-bond acceptors (Lipinski definition) is 6. The maximum absolute atomic E-state index is 11.5. The number of esters is 1. The minimum Gasteiger partial charge on any atom is -0.451 e. The molecule has 112 valence electrons. The summed E-state index contributed by atoms with van der Waals surface area (Å²) in [7, 11) is 0. The van der Waals surface area contributed by atoms with Crippen molar-refractivity contribution in [3.8, 4) is 0 Å². The number of nitrogens with zero attached hydrogens (tertiary/aromatic N) is 1. The molecule has 21 heavy (non-hydrogen) atoms. The Kier molecular flexibility index (Phi) is 3.93. The van der Waals surface area contributed by atoms with Gasteiger partial charge in [0.1, 0.15) is 6.61 Å². The van der Waals surface area contributed by atoms with Crippen molar-refractivity contribution in [2.75, 3.05) is 6.61 Å². The van der Waals surface area contributed by atoms with Gasteiger partial charge in [0.05, 0.1) is 6.04 Å². The highest BCUT2D eigenvalue weighted by atomic mass is 16.6. The number of carbonyl (C=O) groups is 4. The molecule has 7 heteroatoms. The van der Waals surface area contributed by atoms with Gasteiger partial charge >= 0.3 is 12.1 Å². The molecule has 0 aromatic rings. The van der Waals surface area contributed by atoms with Crippen LogP contribution in [0.2, 0.25) is 0 Å². The minimum absolute atomic E-state index is 0.0249. The Balaban J connectivity index is 2.24. The van der Waals surface area contributed by atoms with Crippen LogP contribution in [0, 0.1) is 0 Å². The van der Waals surface area contributed by atoms with Gasteiger partial charge in [0.25, 0.3) is 0 Å². The molecule has 0 unspecified atom stereocenters. The zero-order valence-corrected chi connectivity index (χ0v) is 11.7. The molecule has 1 aliphatic carbocycles. The maximum Gasteiger partial charge on any atom is 0.416 e. The number of ether oxygens (including phenoxy) is 2. The van der Waals surface area contributed by atoms with Crippen LogP contribution in [0.5, 0.6) is 0 Å². The fourth-order valence-electron chi connectivity index (χ4n) is 2.44. The summed E-state index contributed by atoms with van der Waals surface area (Å²) in [4.78, 5) is 46.6. The summed E-state index contributed by atoms with van der Waals surface area (Å²) in [5.74, 6) is -1.20. The van der Waals surface area contributed by atoms with Crippen molar-refractivity contribution in [2.24, 2.45) is 0 Å². The molecule has 2 aliphatic rings. The number of allylic oxidation sites excluding steroid dienone is 2. The second-order valence-electron chi connectivity index (χ2n) is 4.94. The molecule has 7 nitrogen and oxygen atoms in total. The van der Waals surface area contributed by atoms with E-state index < -0.39 is 29.6 Å². The molecule has 1 saturated heterocycles. The summed E-state index contributed by atoms with van der Waals surface area (Å²) in [6.07, 6.45) is 4.91. The quantitative estimate of drug-likeness (QED) is 0.713. The highest BCUT2D eigenvalue weighted by Crippen LogP contribution is 2.29. The molecule has 0 saturated carbocycles. The molecule has 2 rings (SSSR count). The number of carbonyl (C=O) groups excluding carboxylic acids is 4. The third-order valence-corrected chi connectivity index (χ3v) is 3.25. The molecule has 1 fully saturated rings. The number of cyclic esters (lactones) is 1. The zero-order chi connectivity index (χ0) is 15.6. The van der Waals surface area contributed by atoms with Gasteiger partial charge in [0.2, 0.25) is 5.91 Å². The molecule has 1 aliphatic heterocycles. The lowest BCUT2D eigenvalue weighted by Crippen LogP contribution is -2.44. The summed E-state index contributed by atoms with van der Waals surface area (Å²) in [6, 6.07) is -0.558. The van der Waals surface area contributed by atoms with Crippen molar-refractivity contribution in [1.82, 2.24) is 4.90 Å². The Labute approximate surface area is 121 Å². The normalized spacial score (nSPS) is 23.1. The first-order valence-electron chi connectivity index (χ1n) is 6.41. The second-order valence-corrected chi connectivity index (χ2v) is 4.94. The van der Waals surface area contributed by atoms with E-state index in [2.05, 4.69) is 0 Å². The topological polar surface area (TPSA) is 90.0 Å². The SMILES string of the molecule is CC(=O)OC1(C[C@H]2COC(=O)N2C(C)=O)C=CC(=O)C=C1. The smallest absolute Gasteiger partial charge is 0.416 e. The number of hydrogen-bond donors (Lipinski definition) is 0. The van der Waals surface area contributed by atoms with E-state index in [9.17, 15) is 19.2 Å². The van der Waals surface area contributed by atoms with Gasteiger partial charge in [-0.25, -0.2) is 9.69 Å². The van der Waals surface area contributed by atoms with Crippen molar-refractivity contribution < 1.29 is 28.7 Å². The van der Waals surface area contributed by atoms with Crippen LogP contribution in [0.1, 0.15) is 20.3 Å². The summed E-state index contributed by atoms with van der Waals surface area (Å²) < 4.78 is 10.1. The fourth-order valence-corrected chi connectivity index (χ4v) is 2.44. The molecule has 0 aromatic heterocycles. The van der Waals surface area contributed by atoms with Gasteiger partial charge in [0, 0.05) is 20.3 Å². The molecule has 0 radical (unpaired) electrons. The molecule has 1 atom stereocenters. The van der Waals surface area contributed by atoms with Crippen LogP contribution in [0.15, 0.2) is 24.3 Å². The third-order valence-electron chi connectivity index (χ3n) is 3.25. The van der Waals surface area contributed by atoms with E-state index in [-0.39, 0.29) is 18.8 Å².